The minimum Gasteiger partial charge on any atom is -0.330 e. The molecular formula is C5H14N2. The highest BCUT2D eigenvalue weighted by Crippen LogP contribution is 1.93. The molecule has 0 aromatic carbocycles. The smallest absolute Gasteiger partial charge is 0.00369 e. The van der Waals surface area contributed by atoms with E-state index in [1.165, 1.54) is 0 Å². The van der Waals surface area contributed by atoms with Crippen molar-refractivity contribution in [2.75, 3.05) is 13.1 Å². The Kier molecular flexibility index (Phi) is 4.04. The second kappa shape index (κ2) is 4.09. The highest BCUT2D eigenvalue weighted by Gasteiger charge is 1.96. The van der Waals surface area contributed by atoms with Gasteiger partial charge in [-0.25, -0.2) is 0 Å². The third-order valence-corrected chi connectivity index (χ3v) is 1.24. The Morgan fingerprint density at radius 1 is 1.29 bits per heavy atom. The van der Waals surface area contributed by atoms with Gasteiger partial charge in [-0.3, -0.25) is 0 Å². The maximum absolute atomic E-state index is 5.31. The molecule has 0 fully saturated rings. The number of hydrogen-bond donors (Lipinski definition) is 2. The first-order valence-corrected chi connectivity index (χ1v) is 2.75. The summed E-state index contributed by atoms with van der Waals surface area (Å²) in [6.07, 6.45) is 1.10. The summed E-state index contributed by atoms with van der Waals surface area (Å²) in [6.45, 7) is 3.56. The molecule has 7 heavy (non-hydrogen) atoms. The number of hydrogen-bond acceptors (Lipinski definition) is 2. The lowest BCUT2D eigenvalue weighted by Gasteiger charge is -2.05. The molecule has 0 aliphatic carbocycles. The maximum Gasteiger partial charge on any atom is -0.00369 e. The standard InChI is InChI=1S/C5H14N2/c1-2-5(3-6)4-7/h5H,2-4,6-7H2,1H3. The monoisotopic (exact) mass is 102 g/mol. The molecule has 0 aromatic rings. The first kappa shape index (κ1) is 6.92. The fourth-order valence-corrected chi connectivity index (χ4v) is 0.430. The van der Waals surface area contributed by atoms with Crippen molar-refractivity contribution < 1.29 is 0 Å². The summed E-state index contributed by atoms with van der Waals surface area (Å²) in [5.41, 5.74) is 10.6. The molecule has 0 bridgehead atoms. The lowest BCUT2D eigenvalue weighted by atomic mass is 10.1. The van der Waals surface area contributed by atoms with Crippen LogP contribution in [0.15, 0.2) is 0 Å². The molecular weight excluding hydrogens is 88.1 g/mol. The number of rotatable bonds is 3. The molecule has 0 atom stereocenters. The number of nitrogens with two attached hydrogens (primary N) is 2. The second-order valence-electron chi connectivity index (χ2n) is 1.75. The SMILES string of the molecule is CCC(CN)CN. The molecule has 0 spiro atoms. The van der Waals surface area contributed by atoms with Crippen LogP contribution < -0.4 is 11.5 Å². The molecule has 0 unspecified atom stereocenters. The van der Waals surface area contributed by atoms with Gasteiger partial charge < -0.3 is 11.5 Å². The third kappa shape index (κ3) is 2.60. The molecule has 0 amide bonds. The van der Waals surface area contributed by atoms with Gasteiger partial charge in [-0.05, 0) is 19.0 Å². The van der Waals surface area contributed by atoms with E-state index in [1.54, 1.807) is 0 Å². The van der Waals surface area contributed by atoms with E-state index >= 15 is 0 Å². The third-order valence-electron chi connectivity index (χ3n) is 1.24. The maximum atomic E-state index is 5.31. The molecule has 44 valence electrons. The quantitative estimate of drug-likeness (QED) is 0.524. The van der Waals surface area contributed by atoms with Crippen LogP contribution in [-0.4, -0.2) is 13.1 Å². The van der Waals surface area contributed by atoms with Crippen LogP contribution in [0.5, 0.6) is 0 Å². The summed E-state index contributed by atoms with van der Waals surface area (Å²) in [7, 11) is 0. The summed E-state index contributed by atoms with van der Waals surface area (Å²) in [5, 5.41) is 0. The van der Waals surface area contributed by atoms with Crippen LogP contribution in [0.2, 0.25) is 0 Å². The van der Waals surface area contributed by atoms with Crippen molar-refractivity contribution >= 4 is 0 Å². The predicted molar refractivity (Wildman–Crippen MR) is 31.9 cm³/mol. The first-order chi connectivity index (χ1) is 3.35. The van der Waals surface area contributed by atoms with Gasteiger partial charge in [0.15, 0.2) is 0 Å². The molecule has 0 aliphatic rings. The highest BCUT2D eigenvalue weighted by molar-refractivity contribution is 4.55. The second-order valence-corrected chi connectivity index (χ2v) is 1.75. The van der Waals surface area contributed by atoms with E-state index in [9.17, 15) is 0 Å². The van der Waals surface area contributed by atoms with Crippen molar-refractivity contribution in [3.63, 3.8) is 0 Å². The van der Waals surface area contributed by atoms with Gasteiger partial charge in [-0.1, -0.05) is 13.3 Å². The van der Waals surface area contributed by atoms with Crippen LogP contribution >= 0.6 is 0 Å². The largest absolute Gasteiger partial charge is 0.330 e. The van der Waals surface area contributed by atoms with Gasteiger partial charge in [0.2, 0.25) is 0 Å². The lowest BCUT2D eigenvalue weighted by Crippen LogP contribution is -2.21. The van der Waals surface area contributed by atoms with Crippen LogP contribution in [0.3, 0.4) is 0 Å². The molecule has 0 saturated carbocycles. The zero-order valence-corrected chi connectivity index (χ0v) is 4.85. The molecule has 0 saturated heterocycles. The van der Waals surface area contributed by atoms with Gasteiger partial charge in [0.25, 0.3) is 0 Å². The summed E-state index contributed by atoms with van der Waals surface area (Å²) in [5.74, 6) is 0.542. The minimum absolute atomic E-state index is 0.542. The van der Waals surface area contributed by atoms with Gasteiger partial charge >= 0.3 is 0 Å². The van der Waals surface area contributed by atoms with E-state index in [0.717, 1.165) is 19.5 Å². The Morgan fingerprint density at radius 2 is 1.71 bits per heavy atom. The minimum atomic E-state index is 0.542. The van der Waals surface area contributed by atoms with Crippen molar-refractivity contribution in [2.45, 2.75) is 13.3 Å². The molecule has 4 N–H and O–H groups in total. The highest BCUT2D eigenvalue weighted by atomic mass is 14.6. The Hall–Kier alpha value is -0.0800. The average Bonchev–Trinajstić information content (AvgIpc) is 1.72. The van der Waals surface area contributed by atoms with Crippen molar-refractivity contribution in [3.8, 4) is 0 Å². The molecule has 2 nitrogen and oxygen atoms in total. The Bertz CT molecular complexity index is 27.6. The van der Waals surface area contributed by atoms with Crippen molar-refractivity contribution in [1.29, 1.82) is 0 Å². The Morgan fingerprint density at radius 3 is 1.71 bits per heavy atom. The van der Waals surface area contributed by atoms with Crippen LogP contribution in [0, 0.1) is 5.92 Å². The summed E-state index contributed by atoms with van der Waals surface area (Å²) in [4.78, 5) is 0. The van der Waals surface area contributed by atoms with Crippen LogP contribution in [0.25, 0.3) is 0 Å². The molecule has 0 aliphatic heterocycles. The van der Waals surface area contributed by atoms with Crippen LogP contribution in [0.1, 0.15) is 13.3 Å². The van der Waals surface area contributed by atoms with E-state index < -0.39 is 0 Å². The van der Waals surface area contributed by atoms with E-state index in [2.05, 4.69) is 6.92 Å². The van der Waals surface area contributed by atoms with E-state index in [4.69, 9.17) is 11.5 Å². The fourth-order valence-electron chi connectivity index (χ4n) is 0.430. The van der Waals surface area contributed by atoms with Gasteiger partial charge in [0.1, 0.15) is 0 Å². The van der Waals surface area contributed by atoms with E-state index in [1.807, 2.05) is 0 Å². The lowest BCUT2D eigenvalue weighted by molar-refractivity contribution is 0.533. The van der Waals surface area contributed by atoms with Crippen molar-refractivity contribution in [3.05, 3.63) is 0 Å². The Labute approximate surface area is 44.9 Å². The Balaban J connectivity index is 2.99. The zero-order chi connectivity index (χ0) is 5.70. The van der Waals surface area contributed by atoms with Gasteiger partial charge in [0.05, 0.1) is 0 Å². The van der Waals surface area contributed by atoms with Gasteiger partial charge in [-0.15, -0.1) is 0 Å². The van der Waals surface area contributed by atoms with Crippen molar-refractivity contribution in [1.82, 2.24) is 0 Å². The molecule has 0 heterocycles. The molecule has 0 rings (SSSR count). The summed E-state index contributed by atoms with van der Waals surface area (Å²) >= 11 is 0. The van der Waals surface area contributed by atoms with E-state index in [-0.39, 0.29) is 0 Å². The zero-order valence-electron chi connectivity index (χ0n) is 4.85. The summed E-state index contributed by atoms with van der Waals surface area (Å²) in [6, 6.07) is 0. The topological polar surface area (TPSA) is 52.0 Å². The van der Waals surface area contributed by atoms with E-state index in [0.29, 0.717) is 5.92 Å². The molecule has 0 radical (unpaired) electrons. The average molecular weight is 102 g/mol. The predicted octanol–water partition coefficient (Wildman–Crippen LogP) is -0.0700. The fraction of sp³-hybridized carbons (Fsp3) is 1.00. The first-order valence-electron chi connectivity index (χ1n) is 2.75. The van der Waals surface area contributed by atoms with Crippen molar-refractivity contribution in [2.24, 2.45) is 17.4 Å². The molecule has 2 heteroatoms. The summed E-state index contributed by atoms with van der Waals surface area (Å²) < 4.78 is 0. The molecule has 0 aromatic heterocycles. The van der Waals surface area contributed by atoms with Gasteiger partial charge in [-0.2, -0.15) is 0 Å². The normalized spacial score (nSPS) is 10.3. The van der Waals surface area contributed by atoms with Crippen LogP contribution in [0.4, 0.5) is 0 Å². The van der Waals surface area contributed by atoms with Gasteiger partial charge in [0, 0.05) is 0 Å². The van der Waals surface area contributed by atoms with Crippen LogP contribution in [-0.2, 0) is 0 Å².